The van der Waals surface area contributed by atoms with Gasteiger partial charge in [0.15, 0.2) is 5.82 Å². The van der Waals surface area contributed by atoms with E-state index in [0.717, 1.165) is 25.7 Å². The monoisotopic (exact) mass is 288 g/mol. The standard InChI is InChI=1S/C14H16N4O3/c1-21-10-6-9(15-7-16-10)12-17-13(19)11(14(20)18-12)8-4-2-3-5-8/h6-8H,2-5H2,1H3,(H2,17,18,19,20). The van der Waals surface area contributed by atoms with Crippen LogP contribution in [0.3, 0.4) is 0 Å². The zero-order chi connectivity index (χ0) is 14.8. The number of hydrogen-bond donors (Lipinski definition) is 2. The van der Waals surface area contributed by atoms with Crippen molar-refractivity contribution in [3.8, 4) is 23.3 Å². The average molecular weight is 288 g/mol. The van der Waals surface area contributed by atoms with Crippen molar-refractivity contribution in [3.63, 3.8) is 0 Å². The molecule has 0 saturated heterocycles. The molecule has 7 nitrogen and oxygen atoms in total. The molecule has 110 valence electrons. The summed E-state index contributed by atoms with van der Waals surface area (Å²) < 4.78 is 5.01. The van der Waals surface area contributed by atoms with Gasteiger partial charge in [-0.3, -0.25) is 4.79 Å². The number of nitrogens with zero attached hydrogens (tertiary/aromatic N) is 3. The fourth-order valence-electron chi connectivity index (χ4n) is 2.75. The smallest absolute Gasteiger partial charge is 0.258 e. The number of rotatable bonds is 3. The number of hydrogen-bond acceptors (Lipinski definition) is 6. The second-order valence-corrected chi connectivity index (χ2v) is 5.08. The summed E-state index contributed by atoms with van der Waals surface area (Å²) in [6.45, 7) is 0. The topological polar surface area (TPSA) is 101 Å². The van der Waals surface area contributed by atoms with E-state index in [1.807, 2.05) is 0 Å². The van der Waals surface area contributed by atoms with E-state index in [4.69, 9.17) is 4.74 Å². The van der Waals surface area contributed by atoms with Crippen LogP contribution in [-0.2, 0) is 0 Å². The maximum absolute atomic E-state index is 12.2. The fourth-order valence-corrected chi connectivity index (χ4v) is 2.75. The molecular weight excluding hydrogens is 272 g/mol. The highest BCUT2D eigenvalue weighted by Gasteiger charge is 2.25. The van der Waals surface area contributed by atoms with Crippen LogP contribution in [0.4, 0.5) is 0 Å². The Morgan fingerprint density at radius 1 is 1.33 bits per heavy atom. The van der Waals surface area contributed by atoms with Gasteiger partial charge >= 0.3 is 0 Å². The number of H-pyrrole nitrogens is 1. The van der Waals surface area contributed by atoms with Crippen LogP contribution in [0, 0.1) is 0 Å². The van der Waals surface area contributed by atoms with Gasteiger partial charge in [-0.15, -0.1) is 0 Å². The minimum atomic E-state index is -0.304. The summed E-state index contributed by atoms with van der Waals surface area (Å²) in [5, 5.41) is 10.1. The highest BCUT2D eigenvalue weighted by Crippen LogP contribution is 2.35. The molecule has 2 heterocycles. The van der Waals surface area contributed by atoms with Gasteiger partial charge in [-0.2, -0.15) is 4.98 Å². The molecule has 1 saturated carbocycles. The van der Waals surface area contributed by atoms with Crippen molar-refractivity contribution >= 4 is 0 Å². The highest BCUT2D eigenvalue weighted by atomic mass is 16.5. The van der Waals surface area contributed by atoms with Crippen LogP contribution in [0.1, 0.15) is 37.2 Å². The van der Waals surface area contributed by atoms with Crippen LogP contribution in [0.2, 0.25) is 0 Å². The molecule has 0 spiro atoms. The zero-order valence-corrected chi connectivity index (χ0v) is 11.7. The molecule has 1 fully saturated rings. The van der Waals surface area contributed by atoms with Crippen molar-refractivity contribution in [2.24, 2.45) is 0 Å². The molecule has 2 aromatic rings. The molecule has 3 rings (SSSR count). The third-order valence-electron chi connectivity index (χ3n) is 3.79. The molecule has 0 aliphatic heterocycles. The van der Waals surface area contributed by atoms with E-state index in [2.05, 4.69) is 19.9 Å². The number of aromatic hydroxyl groups is 1. The van der Waals surface area contributed by atoms with Crippen LogP contribution in [0.25, 0.3) is 11.5 Å². The molecule has 2 N–H and O–H groups in total. The van der Waals surface area contributed by atoms with Crippen LogP contribution in [0.5, 0.6) is 11.8 Å². The Hall–Kier alpha value is -2.44. The van der Waals surface area contributed by atoms with E-state index in [1.165, 1.54) is 13.4 Å². The number of ether oxygens (including phenoxy) is 1. The first kappa shape index (κ1) is 13.5. The normalized spacial score (nSPS) is 15.3. The molecule has 2 aromatic heterocycles. The summed E-state index contributed by atoms with van der Waals surface area (Å²) >= 11 is 0. The molecule has 0 amide bonds. The predicted molar refractivity (Wildman–Crippen MR) is 75.3 cm³/mol. The molecule has 21 heavy (non-hydrogen) atoms. The lowest BCUT2D eigenvalue weighted by Gasteiger charge is -2.10. The molecular formula is C14H16N4O3. The molecule has 7 heteroatoms. The maximum atomic E-state index is 12.2. The molecule has 1 aliphatic carbocycles. The van der Waals surface area contributed by atoms with Gasteiger partial charge in [0, 0.05) is 6.07 Å². The van der Waals surface area contributed by atoms with Crippen molar-refractivity contribution in [2.75, 3.05) is 7.11 Å². The first-order valence-electron chi connectivity index (χ1n) is 6.88. The van der Waals surface area contributed by atoms with E-state index >= 15 is 0 Å². The number of methoxy groups -OCH3 is 1. The van der Waals surface area contributed by atoms with Crippen molar-refractivity contribution in [1.82, 2.24) is 19.9 Å². The second kappa shape index (κ2) is 5.51. The van der Waals surface area contributed by atoms with Crippen LogP contribution < -0.4 is 10.3 Å². The Kier molecular flexibility index (Phi) is 3.55. The third-order valence-corrected chi connectivity index (χ3v) is 3.79. The molecule has 0 unspecified atom stereocenters. The molecule has 0 radical (unpaired) electrons. The van der Waals surface area contributed by atoms with Gasteiger partial charge in [-0.05, 0) is 18.8 Å². The minimum absolute atomic E-state index is 0.0928. The maximum Gasteiger partial charge on any atom is 0.258 e. The van der Waals surface area contributed by atoms with Crippen LogP contribution in [0.15, 0.2) is 17.2 Å². The quantitative estimate of drug-likeness (QED) is 0.889. The molecule has 1 aliphatic rings. The lowest BCUT2D eigenvalue weighted by molar-refractivity contribution is 0.397. The summed E-state index contributed by atoms with van der Waals surface area (Å²) in [4.78, 5) is 26.9. The van der Waals surface area contributed by atoms with Gasteiger partial charge in [0.25, 0.3) is 5.56 Å². The Morgan fingerprint density at radius 2 is 2.10 bits per heavy atom. The van der Waals surface area contributed by atoms with Gasteiger partial charge in [0.05, 0.1) is 12.7 Å². The van der Waals surface area contributed by atoms with Crippen molar-refractivity contribution < 1.29 is 9.84 Å². The first-order chi connectivity index (χ1) is 10.2. The highest BCUT2D eigenvalue weighted by molar-refractivity contribution is 5.51. The second-order valence-electron chi connectivity index (χ2n) is 5.08. The van der Waals surface area contributed by atoms with E-state index in [-0.39, 0.29) is 23.2 Å². The zero-order valence-electron chi connectivity index (χ0n) is 11.7. The summed E-state index contributed by atoms with van der Waals surface area (Å²) in [5.41, 5.74) is 0.478. The largest absolute Gasteiger partial charge is 0.493 e. The van der Waals surface area contributed by atoms with E-state index in [9.17, 15) is 9.90 Å². The lowest BCUT2D eigenvalue weighted by Crippen LogP contribution is -2.17. The number of aromatic nitrogens is 4. The van der Waals surface area contributed by atoms with Gasteiger partial charge in [0.1, 0.15) is 12.0 Å². The Labute approximate surface area is 121 Å². The van der Waals surface area contributed by atoms with Gasteiger partial charge in [-0.1, -0.05) is 12.8 Å². The van der Waals surface area contributed by atoms with Crippen molar-refractivity contribution in [2.45, 2.75) is 31.6 Å². The summed E-state index contributed by atoms with van der Waals surface area (Å²) in [5.74, 6) is 0.454. The lowest BCUT2D eigenvalue weighted by atomic mass is 10.00. The Bertz CT molecular complexity index is 708. The molecule has 0 atom stereocenters. The predicted octanol–water partition coefficient (Wildman–Crippen LogP) is 1.60. The average Bonchev–Trinajstić information content (AvgIpc) is 3.00. The van der Waals surface area contributed by atoms with Gasteiger partial charge in [0.2, 0.25) is 11.8 Å². The van der Waals surface area contributed by atoms with Crippen LogP contribution in [-0.4, -0.2) is 32.2 Å². The fraction of sp³-hybridized carbons (Fsp3) is 0.429. The van der Waals surface area contributed by atoms with E-state index in [0.29, 0.717) is 17.1 Å². The minimum Gasteiger partial charge on any atom is -0.493 e. The van der Waals surface area contributed by atoms with Gasteiger partial charge in [-0.25, -0.2) is 9.97 Å². The van der Waals surface area contributed by atoms with Gasteiger partial charge < -0.3 is 14.8 Å². The first-order valence-corrected chi connectivity index (χ1v) is 6.88. The van der Waals surface area contributed by atoms with E-state index < -0.39 is 0 Å². The molecule has 0 bridgehead atoms. The summed E-state index contributed by atoms with van der Waals surface area (Å²) in [6.07, 6.45) is 5.30. The summed E-state index contributed by atoms with van der Waals surface area (Å²) in [6, 6.07) is 1.55. The van der Waals surface area contributed by atoms with Crippen molar-refractivity contribution in [1.29, 1.82) is 0 Å². The number of aromatic amines is 1. The SMILES string of the molecule is COc1cc(-c2nc(O)c(C3CCCC3)c(=O)[nH]2)ncn1. The van der Waals surface area contributed by atoms with Crippen LogP contribution >= 0.6 is 0 Å². The van der Waals surface area contributed by atoms with E-state index in [1.54, 1.807) is 6.07 Å². The Balaban J connectivity index is 2.03. The molecule has 0 aromatic carbocycles. The Morgan fingerprint density at radius 3 is 2.76 bits per heavy atom. The summed E-state index contributed by atoms with van der Waals surface area (Å²) in [7, 11) is 1.49. The van der Waals surface area contributed by atoms with Crippen molar-refractivity contribution in [3.05, 3.63) is 28.3 Å². The number of nitrogens with one attached hydrogen (secondary N) is 1. The third kappa shape index (κ3) is 2.58.